The van der Waals surface area contributed by atoms with E-state index in [4.69, 9.17) is 9.15 Å². The van der Waals surface area contributed by atoms with Crippen LogP contribution in [-0.2, 0) is 4.74 Å². The van der Waals surface area contributed by atoms with Crippen molar-refractivity contribution in [2.45, 2.75) is 13.0 Å². The molecule has 1 amide bonds. The summed E-state index contributed by atoms with van der Waals surface area (Å²) in [6, 6.07) is 11.4. The Morgan fingerprint density at radius 1 is 1.16 bits per heavy atom. The third-order valence-electron chi connectivity index (χ3n) is 5.34. The van der Waals surface area contributed by atoms with Gasteiger partial charge in [0.15, 0.2) is 10.6 Å². The topological polar surface area (TPSA) is 89.7 Å². The van der Waals surface area contributed by atoms with Crippen molar-refractivity contribution in [2.24, 2.45) is 0 Å². The molecule has 0 saturated heterocycles. The lowest BCUT2D eigenvalue weighted by Gasteiger charge is -2.22. The molecular formula is C23H15FN2O5S. The van der Waals surface area contributed by atoms with Crippen LogP contribution in [0.1, 0.15) is 43.1 Å². The molecule has 160 valence electrons. The molecule has 3 heterocycles. The van der Waals surface area contributed by atoms with Crippen molar-refractivity contribution in [3.63, 3.8) is 0 Å². The smallest absolute Gasteiger partial charge is 0.350 e. The first kappa shape index (κ1) is 20.1. The van der Waals surface area contributed by atoms with Gasteiger partial charge in [-0.15, -0.1) is 0 Å². The second-order valence-corrected chi connectivity index (χ2v) is 8.15. The summed E-state index contributed by atoms with van der Waals surface area (Å²) in [4.78, 5) is 44.8. The number of hydrogen-bond donors (Lipinski definition) is 0. The number of benzene rings is 2. The Morgan fingerprint density at radius 2 is 1.88 bits per heavy atom. The molecule has 0 unspecified atom stereocenters. The minimum Gasteiger partial charge on any atom is -0.465 e. The summed E-state index contributed by atoms with van der Waals surface area (Å²) in [5.41, 5.74) is 0.343. The maximum Gasteiger partial charge on any atom is 0.350 e. The number of halogens is 1. The number of nitrogens with zero attached hydrogens (tertiary/aromatic N) is 2. The molecule has 1 atom stereocenters. The number of ether oxygens (including phenoxy) is 1. The molecule has 5 rings (SSSR count). The Labute approximate surface area is 184 Å². The molecule has 0 N–H and O–H groups in total. The molecule has 0 bridgehead atoms. The van der Waals surface area contributed by atoms with Crippen molar-refractivity contribution in [2.75, 3.05) is 12.0 Å². The highest BCUT2D eigenvalue weighted by Crippen LogP contribution is 2.43. The largest absolute Gasteiger partial charge is 0.465 e. The first-order valence-corrected chi connectivity index (χ1v) is 10.4. The van der Waals surface area contributed by atoms with Gasteiger partial charge >= 0.3 is 5.97 Å². The number of fused-ring (bicyclic) bond motifs is 2. The predicted molar refractivity (Wildman–Crippen MR) is 116 cm³/mol. The van der Waals surface area contributed by atoms with Crippen LogP contribution in [0.4, 0.5) is 9.52 Å². The van der Waals surface area contributed by atoms with Crippen LogP contribution in [0.3, 0.4) is 0 Å². The Morgan fingerprint density at radius 3 is 2.62 bits per heavy atom. The summed E-state index contributed by atoms with van der Waals surface area (Å²) in [6.07, 6.45) is 0. The number of aromatic nitrogens is 1. The van der Waals surface area contributed by atoms with Crippen LogP contribution in [0, 0.1) is 12.7 Å². The average Bonchev–Trinajstić information content (AvgIpc) is 3.31. The second kappa shape index (κ2) is 7.38. The molecule has 2 aromatic heterocycles. The minimum atomic E-state index is -1.10. The first-order valence-electron chi connectivity index (χ1n) is 9.61. The summed E-state index contributed by atoms with van der Waals surface area (Å²) in [7, 11) is 1.24. The minimum absolute atomic E-state index is 0.0336. The molecule has 7 nitrogen and oxygen atoms in total. The van der Waals surface area contributed by atoms with E-state index in [9.17, 15) is 18.8 Å². The number of aryl methyl sites for hydroxylation is 1. The zero-order valence-corrected chi connectivity index (χ0v) is 17.7. The maximum absolute atomic E-state index is 14.9. The lowest BCUT2D eigenvalue weighted by molar-refractivity contribution is 0.0605. The Bertz CT molecular complexity index is 1480. The highest BCUT2D eigenvalue weighted by atomic mass is 32.1. The summed E-state index contributed by atoms with van der Waals surface area (Å²) >= 11 is 0.932. The van der Waals surface area contributed by atoms with Crippen LogP contribution in [0.5, 0.6) is 0 Å². The number of rotatable bonds is 3. The second-order valence-electron chi connectivity index (χ2n) is 7.17. The van der Waals surface area contributed by atoms with Gasteiger partial charge in [-0.3, -0.25) is 14.5 Å². The van der Waals surface area contributed by atoms with E-state index in [1.807, 2.05) is 0 Å². The van der Waals surface area contributed by atoms with Gasteiger partial charge < -0.3 is 9.15 Å². The van der Waals surface area contributed by atoms with Crippen molar-refractivity contribution in [1.82, 2.24) is 4.98 Å². The van der Waals surface area contributed by atoms with E-state index in [0.717, 1.165) is 11.3 Å². The maximum atomic E-state index is 14.9. The molecule has 4 aromatic rings. The fourth-order valence-corrected chi connectivity index (χ4v) is 4.89. The van der Waals surface area contributed by atoms with Crippen LogP contribution < -0.4 is 10.3 Å². The molecule has 0 fully saturated rings. The highest BCUT2D eigenvalue weighted by Gasteiger charge is 2.46. The highest BCUT2D eigenvalue weighted by molar-refractivity contribution is 7.17. The molecule has 32 heavy (non-hydrogen) atoms. The molecule has 1 aliphatic heterocycles. The van der Waals surface area contributed by atoms with Crippen LogP contribution in [-0.4, -0.2) is 24.0 Å². The molecule has 9 heteroatoms. The molecule has 2 aromatic carbocycles. The van der Waals surface area contributed by atoms with Crippen molar-refractivity contribution >= 4 is 39.3 Å². The van der Waals surface area contributed by atoms with Gasteiger partial charge in [0.05, 0.1) is 23.8 Å². The third kappa shape index (κ3) is 2.85. The van der Waals surface area contributed by atoms with Crippen LogP contribution in [0.25, 0.3) is 11.0 Å². The SMILES string of the molecule is COC(=O)c1sc(N2C(=O)c3oc4ccccc4c(=O)c3[C@@H]2c2ccccc2F)nc1C. The van der Waals surface area contributed by atoms with Gasteiger partial charge in [-0.1, -0.05) is 41.7 Å². The van der Waals surface area contributed by atoms with Gasteiger partial charge in [0.25, 0.3) is 5.91 Å². The quantitative estimate of drug-likeness (QED) is 0.434. The number of hydrogen-bond acceptors (Lipinski definition) is 7. The number of esters is 1. The lowest BCUT2D eigenvalue weighted by atomic mass is 9.98. The van der Waals surface area contributed by atoms with Gasteiger partial charge in [-0.25, -0.2) is 14.2 Å². The summed E-state index contributed by atoms with van der Waals surface area (Å²) in [5.74, 6) is -1.99. The van der Waals surface area contributed by atoms with Crippen molar-refractivity contribution < 1.29 is 23.1 Å². The fraction of sp³-hybridized carbons (Fsp3) is 0.130. The van der Waals surface area contributed by atoms with Crippen molar-refractivity contribution in [1.29, 1.82) is 0 Å². The number of thiazole rings is 1. The van der Waals surface area contributed by atoms with Gasteiger partial charge in [0.1, 0.15) is 22.3 Å². The standard InChI is InChI=1S/C23H15FN2O5S/c1-11-20(22(29)30-2)32-23(25-11)26-17(12-7-3-5-9-14(12)24)16-18(27)13-8-4-6-10-15(13)31-19(16)21(26)28/h3-10,17H,1-2H3/t17-/m0/s1. The van der Waals surface area contributed by atoms with Gasteiger partial charge in [0, 0.05) is 5.56 Å². The first-order chi connectivity index (χ1) is 15.4. The lowest BCUT2D eigenvalue weighted by Crippen LogP contribution is -2.30. The monoisotopic (exact) mass is 450 g/mol. The van der Waals surface area contributed by atoms with Crippen molar-refractivity contribution in [3.8, 4) is 0 Å². The number of carbonyl (C=O) groups is 2. The van der Waals surface area contributed by atoms with E-state index < -0.39 is 29.2 Å². The van der Waals surface area contributed by atoms with E-state index in [1.54, 1.807) is 37.3 Å². The van der Waals surface area contributed by atoms with Gasteiger partial charge in [0.2, 0.25) is 5.76 Å². The van der Waals surface area contributed by atoms with E-state index >= 15 is 0 Å². The van der Waals surface area contributed by atoms with Crippen molar-refractivity contribution in [3.05, 3.63) is 92.0 Å². The molecule has 0 radical (unpaired) electrons. The zero-order chi connectivity index (χ0) is 22.6. The van der Waals surface area contributed by atoms with Crippen LogP contribution in [0.15, 0.2) is 57.7 Å². The molecule has 0 aliphatic carbocycles. The van der Waals surface area contributed by atoms with E-state index in [2.05, 4.69) is 4.98 Å². The predicted octanol–water partition coefficient (Wildman–Crippen LogP) is 4.23. The fourth-order valence-electron chi connectivity index (χ4n) is 3.88. The third-order valence-corrected chi connectivity index (χ3v) is 6.48. The van der Waals surface area contributed by atoms with Crippen LogP contribution >= 0.6 is 11.3 Å². The summed E-state index contributed by atoms with van der Waals surface area (Å²) < 4.78 is 25.5. The zero-order valence-electron chi connectivity index (χ0n) is 16.9. The molecule has 0 saturated carbocycles. The van der Waals surface area contributed by atoms with E-state index in [0.29, 0.717) is 5.69 Å². The van der Waals surface area contributed by atoms with E-state index in [-0.39, 0.29) is 37.9 Å². The summed E-state index contributed by atoms with van der Waals surface area (Å²) in [6.45, 7) is 1.61. The number of para-hydroxylation sites is 1. The molecule has 1 aliphatic rings. The number of methoxy groups -OCH3 is 1. The van der Waals surface area contributed by atoms with Gasteiger partial charge in [-0.2, -0.15) is 0 Å². The van der Waals surface area contributed by atoms with Gasteiger partial charge in [-0.05, 0) is 25.1 Å². The van der Waals surface area contributed by atoms with E-state index in [1.165, 1.54) is 30.2 Å². The summed E-state index contributed by atoms with van der Waals surface area (Å²) in [5, 5.41) is 0.420. The normalized spacial score (nSPS) is 15.3. The molecule has 0 spiro atoms. The Kier molecular flexibility index (Phi) is 4.63. The average molecular weight is 450 g/mol. The molecular weight excluding hydrogens is 435 g/mol. The Balaban J connectivity index is 1.80. The van der Waals surface area contributed by atoms with Crippen LogP contribution in [0.2, 0.25) is 0 Å². The Hall–Kier alpha value is -3.85. The number of anilines is 1. The number of amides is 1. The number of carbonyl (C=O) groups excluding carboxylic acids is 2.